The fourth-order valence-electron chi connectivity index (χ4n) is 4.80. The Labute approximate surface area is 271 Å². The number of carbonyl (C=O) groups is 3. The summed E-state index contributed by atoms with van der Waals surface area (Å²) in [6.45, 7) is 1.95. The Hall–Kier alpha value is -5.54. The maximum absolute atomic E-state index is 13.6. The summed E-state index contributed by atoms with van der Waals surface area (Å²) in [5.74, 6) is -0.826. The van der Waals surface area contributed by atoms with Crippen molar-refractivity contribution < 1.29 is 24.2 Å². The third-order valence-corrected chi connectivity index (χ3v) is 8.48. The van der Waals surface area contributed by atoms with Gasteiger partial charge in [-0.3, -0.25) is 14.4 Å². The Morgan fingerprint density at radius 3 is 2.37 bits per heavy atom. The van der Waals surface area contributed by atoms with E-state index in [0.29, 0.717) is 29.0 Å². The molecule has 0 aliphatic carbocycles. The van der Waals surface area contributed by atoms with Gasteiger partial charge in [0.1, 0.15) is 17.2 Å². The number of phenols is 1. The van der Waals surface area contributed by atoms with E-state index in [9.17, 15) is 19.5 Å². The van der Waals surface area contributed by atoms with Crippen molar-refractivity contribution in [2.75, 3.05) is 17.7 Å². The van der Waals surface area contributed by atoms with E-state index in [4.69, 9.17) is 4.74 Å². The van der Waals surface area contributed by atoms with Crippen LogP contribution in [0, 0.1) is 0 Å². The van der Waals surface area contributed by atoms with Gasteiger partial charge in [-0.1, -0.05) is 67.6 Å². The lowest BCUT2D eigenvalue weighted by atomic mass is 10.1. The largest absolute Gasteiger partial charge is 0.508 e. The predicted molar refractivity (Wildman–Crippen MR) is 184 cm³/mol. The van der Waals surface area contributed by atoms with Crippen LogP contribution < -0.4 is 20.7 Å². The third kappa shape index (κ3) is 7.94. The summed E-state index contributed by atoms with van der Waals surface area (Å²) in [5, 5.41) is 20.2. The molecule has 0 saturated carbocycles. The quantitative estimate of drug-likeness (QED) is 0.0888. The van der Waals surface area contributed by atoms with Crippen LogP contribution in [0.1, 0.15) is 29.3 Å². The molecule has 1 unspecified atom stereocenters. The number of phenolic OH excluding ortho intramolecular Hbond substituents is 1. The standard InChI is InChI=1S/C37H33N3O5S/c1-3-34(37(44)39-31-18-9-14-24-11-7-8-17-30(24)31)46-29-16-10-15-27(22-29)38-36(43)32(40-35(42)25-12-5-4-6-13-25)21-26-19-20-28(41)23-33(26)45-2/h4-23,34,41H,3H2,1-2H3,(H,38,43)(H,39,44)(H,40,42)/b32-21+. The number of anilines is 2. The Morgan fingerprint density at radius 2 is 1.59 bits per heavy atom. The Bertz CT molecular complexity index is 1900. The molecule has 0 aliphatic rings. The number of fused-ring (bicyclic) bond motifs is 1. The number of amides is 3. The first-order chi connectivity index (χ1) is 22.3. The molecular formula is C37H33N3O5S. The minimum Gasteiger partial charge on any atom is -0.508 e. The predicted octanol–water partition coefficient (Wildman–Crippen LogP) is 7.47. The number of hydrogen-bond acceptors (Lipinski definition) is 6. The highest BCUT2D eigenvalue weighted by atomic mass is 32.2. The molecule has 0 saturated heterocycles. The molecule has 232 valence electrons. The van der Waals surface area contributed by atoms with Gasteiger partial charge < -0.3 is 25.8 Å². The van der Waals surface area contributed by atoms with Crippen molar-refractivity contribution in [3.05, 3.63) is 132 Å². The zero-order chi connectivity index (χ0) is 32.5. The molecule has 5 aromatic carbocycles. The van der Waals surface area contributed by atoms with Crippen LogP contribution in [0.5, 0.6) is 11.5 Å². The van der Waals surface area contributed by atoms with Gasteiger partial charge >= 0.3 is 0 Å². The van der Waals surface area contributed by atoms with E-state index >= 15 is 0 Å². The van der Waals surface area contributed by atoms with Crippen LogP contribution in [0.15, 0.2) is 126 Å². The lowest BCUT2D eigenvalue weighted by Gasteiger charge is -2.17. The van der Waals surface area contributed by atoms with Crippen LogP contribution in [-0.4, -0.2) is 35.2 Å². The van der Waals surface area contributed by atoms with Crippen molar-refractivity contribution in [1.82, 2.24) is 5.32 Å². The zero-order valence-electron chi connectivity index (χ0n) is 25.3. The normalized spacial score (nSPS) is 11.8. The first kappa shape index (κ1) is 31.9. The second-order valence-electron chi connectivity index (χ2n) is 10.3. The van der Waals surface area contributed by atoms with Crippen molar-refractivity contribution >= 4 is 57.7 Å². The van der Waals surface area contributed by atoms with Crippen LogP contribution in [0.25, 0.3) is 16.8 Å². The minimum atomic E-state index is -0.567. The molecule has 0 aromatic heterocycles. The highest BCUT2D eigenvalue weighted by Crippen LogP contribution is 2.31. The summed E-state index contributed by atoms with van der Waals surface area (Å²) in [4.78, 5) is 40.8. The molecule has 8 nitrogen and oxygen atoms in total. The summed E-state index contributed by atoms with van der Waals surface area (Å²) in [7, 11) is 1.45. The zero-order valence-corrected chi connectivity index (χ0v) is 26.1. The van der Waals surface area contributed by atoms with Gasteiger partial charge in [-0.25, -0.2) is 0 Å². The van der Waals surface area contributed by atoms with Gasteiger partial charge in [0, 0.05) is 38.8 Å². The lowest BCUT2D eigenvalue weighted by Crippen LogP contribution is -2.30. The van der Waals surface area contributed by atoms with E-state index in [2.05, 4.69) is 16.0 Å². The molecule has 46 heavy (non-hydrogen) atoms. The van der Waals surface area contributed by atoms with Crippen LogP contribution in [0.4, 0.5) is 11.4 Å². The molecule has 0 spiro atoms. The van der Waals surface area contributed by atoms with Crippen LogP contribution in [0.2, 0.25) is 0 Å². The monoisotopic (exact) mass is 631 g/mol. The molecule has 0 aliphatic heterocycles. The number of benzene rings is 5. The third-order valence-electron chi connectivity index (χ3n) is 7.13. The van der Waals surface area contributed by atoms with Crippen LogP contribution in [-0.2, 0) is 9.59 Å². The van der Waals surface area contributed by atoms with Gasteiger partial charge in [0.2, 0.25) is 5.91 Å². The SMILES string of the molecule is CCC(Sc1cccc(NC(=O)/C(=C\c2ccc(O)cc2OC)NC(=O)c2ccccc2)c1)C(=O)Nc1cccc2ccccc12. The van der Waals surface area contributed by atoms with Crippen molar-refractivity contribution in [1.29, 1.82) is 0 Å². The summed E-state index contributed by atoms with van der Waals surface area (Å²) in [6.07, 6.45) is 2.07. The molecule has 5 aromatic rings. The fourth-order valence-corrected chi connectivity index (χ4v) is 5.81. The lowest BCUT2D eigenvalue weighted by molar-refractivity contribution is -0.116. The highest BCUT2D eigenvalue weighted by molar-refractivity contribution is 8.00. The van der Waals surface area contributed by atoms with Crippen LogP contribution in [0.3, 0.4) is 0 Å². The fraction of sp³-hybridized carbons (Fsp3) is 0.108. The Kier molecular flexibility index (Phi) is 10.4. The second-order valence-corrected chi connectivity index (χ2v) is 11.6. The van der Waals surface area contributed by atoms with Gasteiger partial charge in [-0.05, 0) is 66.4 Å². The summed E-state index contributed by atoms with van der Waals surface area (Å²) in [5.41, 5.74) is 2.06. The van der Waals surface area contributed by atoms with E-state index in [-0.39, 0.29) is 22.6 Å². The number of nitrogens with one attached hydrogen (secondary N) is 3. The topological polar surface area (TPSA) is 117 Å². The first-order valence-electron chi connectivity index (χ1n) is 14.7. The maximum Gasteiger partial charge on any atom is 0.272 e. The van der Waals surface area contributed by atoms with Gasteiger partial charge in [0.25, 0.3) is 11.8 Å². The summed E-state index contributed by atoms with van der Waals surface area (Å²) in [6, 6.07) is 33.9. The first-order valence-corrected chi connectivity index (χ1v) is 15.5. The molecule has 3 amide bonds. The van der Waals surface area contributed by atoms with Crippen molar-refractivity contribution in [2.24, 2.45) is 0 Å². The molecule has 0 heterocycles. The molecule has 9 heteroatoms. The number of thioether (sulfide) groups is 1. The van der Waals surface area contributed by atoms with E-state index in [1.54, 1.807) is 54.6 Å². The average molecular weight is 632 g/mol. The maximum atomic E-state index is 13.6. The van der Waals surface area contributed by atoms with E-state index in [1.807, 2.05) is 55.5 Å². The number of aromatic hydroxyl groups is 1. The molecular weight excluding hydrogens is 598 g/mol. The van der Waals surface area contributed by atoms with E-state index < -0.39 is 11.8 Å². The number of carbonyl (C=O) groups excluding carboxylic acids is 3. The Balaban J connectivity index is 1.34. The minimum absolute atomic E-state index is 0.00109. The van der Waals surface area contributed by atoms with E-state index in [1.165, 1.54) is 37.1 Å². The summed E-state index contributed by atoms with van der Waals surface area (Å²) < 4.78 is 5.37. The van der Waals surface area contributed by atoms with Gasteiger partial charge in [-0.15, -0.1) is 11.8 Å². The molecule has 5 rings (SSSR count). The van der Waals surface area contributed by atoms with Gasteiger partial charge in [-0.2, -0.15) is 0 Å². The number of hydrogen-bond donors (Lipinski definition) is 4. The van der Waals surface area contributed by atoms with Crippen molar-refractivity contribution in [3.63, 3.8) is 0 Å². The molecule has 4 N–H and O–H groups in total. The number of rotatable bonds is 11. The molecule has 1 atom stereocenters. The van der Waals surface area contributed by atoms with Crippen molar-refractivity contribution in [3.8, 4) is 11.5 Å². The molecule has 0 radical (unpaired) electrons. The second kappa shape index (κ2) is 15.0. The molecule has 0 bridgehead atoms. The summed E-state index contributed by atoms with van der Waals surface area (Å²) >= 11 is 1.40. The van der Waals surface area contributed by atoms with Crippen LogP contribution >= 0.6 is 11.8 Å². The van der Waals surface area contributed by atoms with Crippen molar-refractivity contribution in [2.45, 2.75) is 23.5 Å². The smallest absolute Gasteiger partial charge is 0.272 e. The van der Waals surface area contributed by atoms with Gasteiger partial charge in [0.05, 0.1) is 12.4 Å². The van der Waals surface area contributed by atoms with Gasteiger partial charge in [0.15, 0.2) is 0 Å². The number of methoxy groups -OCH3 is 1. The average Bonchev–Trinajstić information content (AvgIpc) is 3.08. The van der Waals surface area contributed by atoms with E-state index in [0.717, 1.165) is 21.4 Å². The highest BCUT2D eigenvalue weighted by Gasteiger charge is 2.20. The Morgan fingerprint density at radius 1 is 0.848 bits per heavy atom. The number of ether oxygens (including phenoxy) is 1. The molecule has 0 fully saturated rings.